The van der Waals surface area contributed by atoms with Crippen molar-refractivity contribution in [1.82, 2.24) is 9.80 Å². The van der Waals surface area contributed by atoms with Crippen molar-refractivity contribution in [3.05, 3.63) is 12.2 Å². The molecule has 1 saturated heterocycles. The Hall–Kier alpha value is -1.20. The Morgan fingerprint density at radius 2 is 2.21 bits per heavy atom. The summed E-state index contributed by atoms with van der Waals surface area (Å²) in [5, 5.41) is 9.15. The highest BCUT2D eigenvalue weighted by atomic mass is 16.3. The maximum absolute atomic E-state index is 12.1. The van der Waals surface area contributed by atoms with Crippen LogP contribution >= 0.6 is 0 Å². The molecule has 1 N–H and O–H groups in total. The van der Waals surface area contributed by atoms with Crippen LogP contribution in [0.4, 0.5) is 0 Å². The van der Waals surface area contributed by atoms with Crippen LogP contribution in [0.1, 0.15) is 19.8 Å². The van der Waals surface area contributed by atoms with E-state index in [1.54, 1.807) is 6.08 Å². The van der Waals surface area contributed by atoms with E-state index in [0.29, 0.717) is 19.6 Å². The molecule has 0 saturated carbocycles. The van der Waals surface area contributed by atoms with Gasteiger partial charge in [0.15, 0.2) is 5.78 Å². The van der Waals surface area contributed by atoms with Gasteiger partial charge in [-0.1, -0.05) is 6.08 Å². The second-order valence-corrected chi connectivity index (χ2v) is 5.24. The summed E-state index contributed by atoms with van der Waals surface area (Å²) in [6.07, 6.45) is 5.24. The topological polar surface area (TPSA) is 60.9 Å². The van der Waals surface area contributed by atoms with E-state index >= 15 is 0 Å². The number of aliphatic hydroxyl groups excluding tert-OH is 1. The fraction of sp³-hybridized carbons (Fsp3) is 0.714. The molecule has 108 valence electrons. The number of ketones is 1. The van der Waals surface area contributed by atoms with E-state index in [0.717, 1.165) is 19.4 Å². The van der Waals surface area contributed by atoms with Crippen molar-refractivity contribution < 1.29 is 14.7 Å². The van der Waals surface area contributed by atoms with Gasteiger partial charge in [0.1, 0.15) is 0 Å². The summed E-state index contributed by atoms with van der Waals surface area (Å²) in [7, 11) is 1.86. The van der Waals surface area contributed by atoms with Gasteiger partial charge in [-0.15, -0.1) is 0 Å². The number of piperidine rings is 1. The molecular weight excluding hydrogens is 244 g/mol. The Labute approximate surface area is 114 Å². The van der Waals surface area contributed by atoms with E-state index in [-0.39, 0.29) is 24.2 Å². The minimum Gasteiger partial charge on any atom is -0.396 e. The molecule has 0 aromatic heterocycles. The quantitative estimate of drug-likeness (QED) is 0.704. The van der Waals surface area contributed by atoms with Crippen molar-refractivity contribution in [2.24, 2.45) is 5.92 Å². The molecule has 19 heavy (non-hydrogen) atoms. The van der Waals surface area contributed by atoms with Gasteiger partial charge in [-0.05, 0) is 38.8 Å². The van der Waals surface area contributed by atoms with Crippen LogP contribution in [0.15, 0.2) is 12.2 Å². The van der Waals surface area contributed by atoms with Gasteiger partial charge in [-0.2, -0.15) is 0 Å². The molecule has 1 heterocycles. The summed E-state index contributed by atoms with van der Waals surface area (Å²) in [5.74, 6) is 0.332. The van der Waals surface area contributed by atoms with Crippen LogP contribution in [-0.2, 0) is 9.59 Å². The van der Waals surface area contributed by atoms with Crippen molar-refractivity contribution in [2.45, 2.75) is 19.8 Å². The zero-order valence-electron chi connectivity index (χ0n) is 11.8. The average Bonchev–Trinajstić information content (AvgIpc) is 2.38. The Morgan fingerprint density at radius 3 is 2.84 bits per heavy atom. The fourth-order valence-corrected chi connectivity index (χ4v) is 2.23. The van der Waals surface area contributed by atoms with Crippen LogP contribution in [0, 0.1) is 5.92 Å². The number of likely N-dealkylation sites (N-methyl/N-ethyl adjacent to an activating group) is 1. The van der Waals surface area contributed by atoms with Crippen molar-refractivity contribution in [3.63, 3.8) is 0 Å². The van der Waals surface area contributed by atoms with Crippen molar-refractivity contribution >= 4 is 11.7 Å². The van der Waals surface area contributed by atoms with Gasteiger partial charge >= 0.3 is 0 Å². The predicted molar refractivity (Wildman–Crippen MR) is 73.7 cm³/mol. The lowest BCUT2D eigenvalue weighted by Crippen LogP contribution is -2.45. The molecule has 0 bridgehead atoms. The van der Waals surface area contributed by atoms with E-state index in [2.05, 4.69) is 0 Å². The van der Waals surface area contributed by atoms with Crippen LogP contribution in [0.25, 0.3) is 0 Å². The first-order valence-electron chi connectivity index (χ1n) is 6.77. The molecule has 1 aliphatic rings. The number of aliphatic hydroxyl groups is 1. The van der Waals surface area contributed by atoms with Gasteiger partial charge in [0.25, 0.3) is 0 Å². The summed E-state index contributed by atoms with van der Waals surface area (Å²) in [6, 6.07) is 0. The maximum atomic E-state index is 12.1. The first-order valence-corrected chi connectivity index (χ1v) is 6.77. The van der Waals surface area contributed by atoms with Gasteiger partial charge in [-0.25, -0.2) is 0 Å². The molecule has 5 nitrogen and oxygen atoms in total. The largest absolute Gasteiger partial charge is 0.396 e. The number of carbonyl (C=O) groups excluding carboxylic acids is 2. The minimum atomic E-state index is 0.0153. The molecule has 1 unspecified atom stereocenters. The minimum absolute atomic E-state index is 0.0153. The molecule has 1 rings (SSSR count). The Kier molecular flexibility index (Phi) is 6.73. The molecule has 1 amide bonds. The molecule has 0 aliphatic carbocycles. The van der Waals surface area contributed by atoms with E-state index in [1.165, 1.54) is 13.0 Å². The number of carbonyl (C=O) groups is 2. The SMILES string of the molecule is CC(=O)/C=C/CN(C)CC(=O)N1CCCC(CO)C1. The van der Waals surface area contributed by atoms with Crippen LogP contribution in [0.3, 0.4) is 0 Å². The van der Waals surface area contributed by atoms with E-state index in [4.69, 9.17) is 5.11 Å². The molecule has 1 fully saturated rings. The number of hydrogen-bond acceptors (Lipinski definition) is 4. The number of allylic oxidation sites excluding steroid dienone is 1. The lowest BCUT2D eigenvalue weighted by molar-refractivity contribution is -0.134. The summed E-state index contributed by atoms with van der Waals surface area (Å²) >= 11 is 0. The third kappa shape index (κ3) is 5.98. The first-order chi connectivity index (χ1) is 9.02. The van der Waals surface area contributed by atoms with Gasteiger partial charge in [0.2, 0.25) is 5.91 Å². The number of amides is 1. The molecule has 0 spiro atoms. The zero-order valence-corrected chi connectivity index (χ0v) is 11.8. The molecule has 0 aromatic rings. The van der Waals surface area contributed by atoms with Crippen molar-refractivity contribution in [3.8, 4) is 0 Å². The summed E-state index contributed by atoms with van der Waals surface area (Å²) in [4.78, 5) is 26.5. The monoisotopic (exact) mass is 268 g/mol. The Balaban J connectivity index is 2.35. The standard InChI is InChI=1S/C14H24N2O3/c1-12(18)5-3-7-15(2)10-14(19)16-8-4-6-13(9-16)11-17/h3,5,13,17H,4,6-11H2,1-2H3/b5-3+. The maximum Gasteiger partial charge on any atom is 0.236 e. The van der Waals surface area contributed by atoms with E-state index in [1.807, 2.05) is 16.8 Å². The molecule has 5 heteroatoms. The number of likely N-dealkylation sites (tertiary alicyclic amines) is 1. The summed E-state index contributed by atoms with van der Waals surface area (Å²) in [5.41, 5.74) is 0. The normalized spacial score (nSPS) is 20.2. The van der Waals surface area contributed by atoms with Gasteiger partial charge < -0.3 is 10.0 Å². The van der Waals surface area contributed by atoms with Crippen LogP contribution in [0.2, 0.25) is 0 Å². The Morgan fingerprint density at radius 1 is 1.47 bits per heavy atom. The second kappa shape index (κ2) is 8.07. The summed E-state index contributed by atoms with van der Waals surface area (Å²) < 4.78 is 0. The highest BCUT2D eigenvalue weighted by Crippen LogP contribution is 2.15. The van der Waals surface area contributed by atoms with Gasteiger partial charge in [0, 0.05) is 26.2 Å². The van der Waals surface area contributed by atoms with E-state index < -0.39 is 0 Å². The predicted octanol–water partition coefficient (Wildman–Crippen LogP) is 0.294. The summed E-state index contributed by atoms with van der Waals surface area (Å²) in [6.45, 7) is 4.04. The molecule has 1 aliphatic heterocycles. The van der Waals surface area contributed by atoms with Crippen LogP contribution in [-0.4, -0.2) is 66.4 Å². The van der Waals surface area contributed by atoms with E-state index in [9.17, 15) is 9.59 Å². The number of rotatable bonds is 6. The third-order valence-electron chi connectivity index (χ3n) is 3.30. The van der Waals surface area contributed by atoms with Crippen molar-refractivity contribution in [1.29, 1.82) is 0 Å². The van der Waals surface area contributed by atoms with Crippen LogP contribution < -0.4 is 0 Å². The average molecular weight is 268 g/mol. The second-order valence-electron chi connectivity index (χ2n) is 5.24. The van der Waals surface area contributed by atoms with Gasteiger partial charge in [0.05, 0.1) is 6.54 Å². The lowest BCUT2D eigenvalue weighted by atomic mass is 9.99. The zero-order chi connectivity index (χ0) is 14.3. The third-order valence-corrected chi connectivity index (χ3v) is 3.30. The highest BCUT2D eigenvalue weighted by Gasteiger charge is 2.23. The molecule has 0 radical (unpaired) electrons. The molecular formula is C14H24N2O3. The molecule has 0 aromatic carbocycles. The lowest BCUT2D eigenvalue weighted by Gasteiger charge is -2.32. The first kappa shape index (κ1) is 15.9. The number of nitrogens with zero attached hydrogens (tertiary/aromatic N) is 2. The molecule has 1 atom stereocenters. The smallest absolute Gasteiger partial charge is 0.236 e. The van der Waals surface area contributed by atoms with Gasteiger partial charge in [-0.3, -0.25) is 14.5 Å². The fourth-order valence-electron chi connectivity index (χ4n) is 2.23. The van der Waals surface area contributed by atoms with Crippen LogP contribution in [0.5, 0.6) is 0 Å². The highest BCUT2D eigenvalue weighted by molar-refractivity contribution is 5.87. The number of hydrogen-bond donors (Lipinski definition) is 1. The van der Waals surface area contributed by atoms with Crippen molar-refractivity contribution in [2.75, 3.05) is 39.8 Å². The Bertz CT molecular complexity index is 342.